The number of carbonyl (C=O) groups excluding carboxylic acids is 4. The largest absolute Gasteiger partial charge is 0.439 e. The number of aliphatic hydroxyl groups excluding tert-OH is 1. The van der Waals surface area contributed by atoms with Gasteiger partial charge in [0.2, 0.25) is 11.6 Å². The van der Waals surface area contributed by atoms with E-state index in [0.29, 0.717) is 25.1 Å². The van der Waals surface area contributed by atoms with E-state index in [4.69, 9.17) is 19.9 Å². The van der Waals surface area contributed by atoms with Gasteiger partial charge in [0.1, 0.15) is 6.10 Å². The minimum atomic E-state index is -0.997. The van der Waals surface area contributed by atoms with Crippen molar-refractivity contribution in [1.29, 1.82) is 0 Å². The van der Waals surface area contributed by atoms with Gasteiger partial charge in [0, 0.05) is 50.4 Å². The zero-order valence-electron chi connectivity index (χ0n) is 27.0. The van der Waals surface area contributed by atoms with Crippen LogP contribution >= 0.6 is 0 Å². The number of carbonyl (C=O) groups is 4. The van der Waals surface area contributed by atoms with Gasteiger partial charge in [-0.05, 0) is 52.3 Å². The first-order valence-electron chi connectivity index (χ1n) is 14.7. The minimum absolute atomic E-state index is 0.114. The van der Waals surface area contributed by atoms with Gasteiger partial charge in [-0.1, -0.05) is 38.2 Å². The Morgan fingerprint density at radius 1 is 1.16 bits per heavy atom. The molecule has 0 saturated heterocycles. The molecule has 5 N–H and O–H groups in total. The lowest BCUT2D eigenvalue weighted by Crippen LogP contribution is -2.38. The van der Waals surface area contributed by atoms with E-state index in [-0.39, 0.29) is 34.9 Å². The van der Waals surface area contributed by atoms with Crippen LogP contribution in [0.1, 0.15) is 40.5 Å². The molecule has 0 spiro atoms. The summed E-state index contributed by atoms with van der Waals surface area (Å²) >= 11 is 0. The summed E-state index contributed by atoms with van der Waals surface area (Å²) in [6.07, 6.45) is 3.88. The van der Waals surface area contributed by atoms with Gasteiger partial charge in [0.25, 0.3) is 5.91 Å². The zero-order chi connectivity index (χ0) is 33.1. The number of amides is 2. The highest BCUT2D eigenvalue weighted by Crippen LogP contribution is 2.28. The zero-order valence-corrected chi connectivity index (χ0v) is 27.0. The van der Waals surface area contributed by atoms with Crippen LogP contribution in [0.3, 0.4) is 0 Å². The molecule has 0 aromatic heterocycles. The first-order valence-corrected chi connectivity index (χ1v) is 14.7. The number of rotatable bonds is 7. The molecular formula is C32H48N4O8. The van der Waals surface area contributed by atoms with Crippen molar-refractivity contribution in [1.82, 2.24) is 15.5 Å². The van der Waals surface area contributed by atoms with Crippen LogP contribution in [0.4, 0.5) is 4.79 Å². The van der Waals surface area contributed by atoms with E-state index in [9.17, 15) is 24.3 Å². The molecule has 1 aliphatic carbocycles. The molecule has 2 bridgehead atoms. The van der Waals surface area contributed by atoms with E-state index >= 15 is 0 Å². The lowest BCUT2D eigenvalue weighted by molar-refractivity contribution is -0.120. The van der Waals surface area contributed by atoms with Crippen molar-refractivity contribution in [2.75, 3.05) is 41.4 Å². The van der Waals surface area contributed by atoms with E-state index in [1.165, 1.54) is 20.3 Å². The number of nitrogens with one attached hydrogen (secondary N) is 2. The van der Waals surface area contributed by atoms with Crippen LogP contribution < -0.4 is 16.4 Å². The summed E-state index contributed by atoms with van der Waals surface area (Å²) in [5.41, 5.74) is 6.55. The minimum Gasteiger partial charge on any atom is -0.439 e. The molecule has 0 unspecified atom stereocenters. The standard InChI is InChI=1S/C32H48N4O8/c1-18-14-22-27(34-12-13-36(5)6)24(37)17-23(29(22)39)35-31(40)19(2)10-9-11-25(42-7)30(44-32(33)41)21(4)16-20(3)28(38)26(15-18)43-8/h9-11,16-18,20,25-26,28,30,34,38H,12-15H2,1-8H3,(H2,33,41)(H,35,40)/b11-9-,19-10-,21-16-/t18-,20-,25+,26-,28+,30+/m1/s1. The maximum absolute atomic E-state index is 13.7. The fourth-order valence-electron chi connectivity index (χ4n) is 5.18. The molecule has 0 aromatic carbocycles. The van der Waals surface area contributed by atoms with Crippen LogP contribution in [0, 0.1) is 11.8 Å². The summed E-state index contributed by atoms with van der Waals surface area (Å²) in [5.74, 6) is -2.06. The maximum Gasteiger partial charge on any atom is 0.405 e. The highest BCUT2D eigenvalue weighted by atomic mass is 16.6. The van der Waals surface area contributed by atoms with E-state index in [1.807, 2.05) is 32.8 Å². The predicted octanol–water partition coefficient (Wildman–Crippen LogP) is 1.91. The number of hydrogen-bond acceptors (Lipinski definition) is 10. The van der Waals surface area contributed by atoms with Crippen LogP contribution in [-0.4, -0.2) is 99.4 Å². The van der Waals surface area contributed by atoms with Gasteiger partial charge in [-0.2, -0.15) is 0 Å². The molecule has 0 fully saturated rings. The van der Waals surface area contributed by atoms with Gasteiger partial charge in [0.05, 0.1) is 23.6 Å². The lowest BCUT2D eigenvalue weighted by atomic mass is 9.85. The van der Waals surface area contributed by atoms with Crippen LogP contribution in [0.25, 0.3) is 0 Å². The van der Waals surface area contributed by atoms with E-state index in [1.54, 1.807) is 32.1 Å². The molecule has 1 heterocycles. The van der Waals surface area contributed by atoms with Crippen molar-refractivity contribution in [2.24, 2.45) is 17.6 Å². The Labute approximate surface area is 260 Å². The Bertz CT molecular complexity index is 1230. The number of nitrogens with zero attached hydrogens (tertiary/aromatic N) is 1. The molecule has 0 aromatic rings. The number of ketones is 2. The second-order valence-electron chi connectivity index (χ2n) is 11.7. The van der Waals surface area contributed by atoms with Gasteiger partial charge < -0.3 is 40.6 Å². The third kappa shape index (κ3) is 10.3. The smallest absolute Gasteiger partial charge is 0.405 e. The molecule has 6 atom stereocenters. The van der Waals surface area contributed by atoms with Crippen LogP contribution in [0.5, 0.6) is 0 Å². The Morgan fingerprint density at radius 3 is 2.43 bits per heavy atom. The maximum atomic E-state index is 13.7. The fraction of sp³-hybridized carbons (Fsp3) is 0.562. The Kier molecular flexibility index (Phi) is 14.2. The second kappa shape index (κ2) is 17.0. The molecule has 244 valence electrons. The molecule has 44 heavy (non-hydrogen) atoms. The molecule has 12 heteroatoms. The normalized spacial score (nSPS) is 31.0. The van der Waals surface area contributed by atoms with Crippen molar-refractivity contribution >= 4 is 23.6 Å². The molecule has 12 nitrogen and oxygen atoms in total. The Hall–Kier alpha value is -3.58. The van der Waals surface area contributed by atoms with Crippen LogP contribution in [0.2, 0.25) is 0 Å². The van der Waals surface area contributed by atoms with Crippen molar-refractivity contribution < 1.29 is 38.5 Å². The first kappa shape index (κ1) is 36.6. The van der Waals surface area contributed by atoms with Gasteiger partial charge in [-0.25, -0.2) is 4.79 Å². The number of aliphatic hydroxyl groups is 1. The van der Waals surface area contributed by atoms with Crippen molar-refractivity contribution in [2.45, 2.75) is 65.0 Å². The SMILES string of the molecule is CO[C@H]1/C=C\C=C(\C)C(=O)NC2=CC(=O)C(NCCN(C)C)=C(C[C@@H](C)C[C@@H](OC)[C@@H](O)[C@H](C)/C=C(/C)[C@@H]1OC(N)=O)C2=O. The quantitative estimate of drug-likeness (QED) is 0.245. The molecule has 2 aliphatic rings. The van der Waals surface area contributed by atoms with E-state index in [2.05, 4.69) is 10.6 Å². The molecule has 0 radical (unpaired) electrons. The number of hydrogen-bond donors (Lipinski definition) is 4. The average Bonchev–Trinajstić information content (AvgIpc) is 2.95. The third-order valence-corrected chi connectivity index (χ3v) is 7.65. The van der Waals surface area contributed by atoms with E-state index in [0.717, 1.165) is 6.08 Å². The second-order valence-corrected chi connectivity index (χ2v) is 11.7. The highest BCUT2D eigenvalue weighted by Gasteiger charge is 2.33. The summed E-state index contributed by atoms with van der Waals surface area (Å²) < 4.78 is 16.6. The van der Waals surface area contributed by atoms with Gasteiger partial charge >= 0.3 is 6.09 Å². The Balaban J connectivity index is 2.60. The molecular weight excluding hydrogens is 568 g/mol. The number of allylic oxidation sites excluding steroid dienone is 4. The summed E-state index contributed by atoms with van der Waals surface area (Å²) in [6, 6.07) is 0. The number of fused-ring (bicyclic) bond motifs is 2. The average molecular weight is 617 g/mol. The summed E-state index contributed by atoms with van der Waals surface area (Å²) in [4.78, 5) is 53.7. The number of methoxy groups -OCH3 is 2. The number of Topliss-reactive ketones (excluding diaryl/α,β-unsaturated/α-hetero) is 1. The summed E-state index contributed by atoms with van der Waals surface area (Å²) in [6.45, 7) is 8.09. The number of nitrogens with two attached hydrogens (primary N) is 1. The number of likely N-dealkylation sites (N-methyl/N-ethyl adjacent to an activating group) is 1. The monoisotopic (exact) mass is 616 g/mol. The van der Waals surface area contributed by atoms with Crippen molar-refractivity contribution in [3.63, 3.8) is 0 Å². The van der Waals surface area contributed by atoms with Gasteiger partial charge in [0.15, 0.2) is 6.10 Å². The molecule has 2 amide bonds. The predicted molar refractivity (Wildman–Crippen MR) is 166 cm³/mol. The molecule has 2 rings (SSSR count). The fourth-order valence-corrected chi connectivity index (χ4v) is 5.18. The summed E-state index contributed by atoms with van der Waals surface area (Å²) in [7, 11) is 6.74. The van der Waals surface area contributed by atoms with Gasteiger partial charge in [-0.3, -0.25) is 14.4 Å². The summed E-state index contributed by atoms with van der Waals surface area (Å²) in [5, 5.41) is 17.0. The van der Waals surface area contributed by atoms with Crippen molar-refractivity contribution in [3.05, 3.63) is 58.5 Å². The number of ether oxygens (including phenoxy) is 3. The van der Waals surface area contributed by atoms with Crippen LogP contribution in [-0.2, 0) is 28.6 Å². The number of primary amides is 1. The topological polar surface area (TPSA) is 170 Å². The first-order chi connectivity index (χ1) is 20.7. The molecule has 0 saturated carbocycles. The van der Waals surface area contributed by atoms with Crippen LogP contribution in [0.15, 0.2) is 58.5 Å². The third-order valence-electron chi connectivity index (χ3n) is 7.65. The van der Waals surface area contributed by atoms with Crippen molar-refractivity contribution in [3.8, 4) is 0 Å². The lowest BCUT2D eigenvalue weighted by Gasteiger charge is -2.30. The Morgan fingerprint density at radius 2 is 1.84 bits per heavy atom. The molecule has 1 aliphatic heterocycles. The van der Waals surface area contributed by atoms with Gasteiger partial charge in [-0.15, -0.1) is 0 Å². The highest BCUT2D eigenvalue weighted by molar-refractivity contribution is 6.23. The van der Waals surface area contributed by atoms with E-state index < -0.39 is 53.9 Å².